The highest BCUT2D eigenvalue weighted by atomic mass is 35.5. The second-order valence-corrected chi connectivity index (χ2v) is 2.99. The summed E-state index contributed by atoms with van der Waals surface area (Å²) >= 11 is 5.77. The maximum absolute atomic E-state index is 8.60. The Balaban J connectivity index is 3.06. The summed E-state index contributed by atoms with van der Waals surface area (Å²) in [5.74, 6) is 0. The van der Waals surface area contributed by atoms with Crippen LogP contribution in [0.1, 0.15) is 23.6 Å². The normalized spacial score (nSPS) is 12.5. The topological polar surface area (TPSA) is 41.6 Å². The molecule has 0 saturated heterocycles. The third kappa shape index (κ3) is 1.59. The summed E-state index contributed by atoms with van der Waals surface area (Å²) in [4.78, 5) is 0. The van der Waals surface area contributed by atoms with Crippen LogP contribution in [-0.2, 0) is 13.5 Å². The molecule has 1 atom stereocenters. The first-order valence-electron chi connectivity index (χ1n) is 3.75. The largest absolute Gasteiger partial charge is 0.275 e. The Morgan fingerprint density at radius 3 is 3.00 bits per heavy atom. The molecule has 1 aromatic heterocycles. The molecule has 3 nitrogen and oxygen atoms in total. The molecule has 0 aliphatic carbocycles. The molecule has 0 aromatic carbocycles. The average Bonchev–Trinajstić information content (AvgIpc) is 2.45. The van der Waals surface area contributed by atoms with Crippen molar-refractivity contribution in [2.45, 2.75) is 18.7 Å². The summed E-state index contributed by atoms with van der Waals surface area (Å²) in [7, 11) is 1.82. The molecule has 12 heavy (non-hydrogen) atoms. The third-order valence-electron chi connectivity index (χ3n) is 1.66. The molecule has 0 bridgehead atoms. The SMILES string of the molecule is CCc1nn(C)cc1C(Cl)C#N. The summed E-state index contributed by atoms with van der Waals surface area (Å²) in [6.07, 6.45) is 2.60. The molecule has 4 heteroatoms. The molecular weight excluding hydrogens is 174 g/mol. The van der Waals surface area contributed by atoms with E-state index in [1.165, 1.54) is 0 Å². The molecular formula is C8H10ClN3. The van der Waals surface area contributed by atoms with Gasteiger partial charge >= 0.3 is 0 Å². The van der Waals surface area contributed by atoms with E-state index in [0.29, 0.717) is 0 Å². The van der Waals surface area contributed by atoms with E-state index in [1.54, 1.807) is 10.9 Å². The highest BCUT2D eigenvalue weighted by Gasteiger charge is 2.13. The third-order valence-corrected chi connectivity index (χ3v) is 1.99. The minimum Gasteiger partial charge on any atom is -0.275 e. The van der Waals surface area contributed by atoms with Gasteiger partial charge in [0.2, 0.25) is 0 Å². The first-order valence-corrected chi connectivity index (χ1v) is 4.18. The van der Waals surface area contributed by atoms with Crippen LogP contribution in [0.3, 0.4) is 0 Å². The van der Waals surface area contributed by atoms with Gasteiger partial charge in [-0.15, -0.1) is 11.6 Å². The molecule has 0 aliphatic rings. The molecule has 0 aliphatic heterocycles. The van der Waals surface area contributed by atoms with Crippen molar-refractivity contribution in [2.75, 3.05) is 0 Å². The van der Waals surface area contributed by atoms with E-state index < -0.39 is 5.38 Å². The van der Waals surface area contributed by atoms with Crippen molar-refractivity contribution in [2.24, 2.45) is 7.05 Å². The van der Waals surface area contributed by atoms with Crippen molar-refractivity contribution in [3.8, 4) is 6.07 Å². The number of hydrogen-bond donors (Lipinski definition) is 0. The quantitative estimate of drug-likeness (QED) is 0.656. The standard InChI is InChI=1S/C8H10ClN3/c1-3-8-6(7(9)4-10)5-12(2)11-8/h5,7H,3H2,1-2H3. The van der Waals surface area contributed by atoms with Gasteiger partial charge in [0, 0.05) is 18.8 Å². The lowest BCUT2D eigenvalue weighted by Gasteiger charge is -1.96. The van der Waals surface area contributed by atoms with Crippen molar-refractivity contribution < 1.29 is 0 Å². The summed E-state index contributed by atoms with van der Waals surface area (Å²) in [6, 6.07) is 1.98. The van der Waals surface area contributed by atoms with Crippen molar-refractivity contribution in [3.05, 3.63) is 17.5 Å². The van der Waals surface area contributed by atoms with Crippen LogP contribution in [0.15, 0.2) is 6.20 Å². The molecule has 0 spiro atoms. The Kier molecular flexibility index (Phi) is 2.72. The van der Waals surface area contributed by atoms with Gasteiger partial charge < -0.3 is 0 Å². The molecule has 1 aromatic rings. The second-order valence-electron chi connectivity index (χ2n) is 2.55. The van der Waals surface area contributed by atoms with Gasteiger partial charge in [-0.2, -0.15) is 10.4 Å². The zero-order chi connectivity index (χ0) is 9.14. The van der Waals surface area contributed by atoms with E-state index >= 15 is 0 Å². The van der Waals surface area contributed by atoms with Crippen molar-refractivity contribution >= 4 is 11.6 Å². The zero-order valence-electron chi connectivity index (χ0n) is 7.08. The number of aromatic nitrogens is 2. The van der Waals surface area contributed by atoms with Crippen molar-refractivity contribution in [1.82, 2.24) is 9.78 Å². The minimum atomic E-state index is -0.575. The van der Waals surface area contributed by atoms with Crippen LogP contribution in [0.4, 0.5) is 0 Å². The highest BCUT2D eigenvalue weighted by molar-refractivity contribution is 6.22. The number of nitriles is 1. The van der Waals surface area contributed by atoms with E-state index in [9.17, 15) is 0 Å². The maximum atomic E-state index is 8.60. The van der Waals surface area contributed by atoms with Gasteiger partial charge in [-0.1, -0.05) is 6.92 Å². The molecule has 0 saturated carbocycles. The summed E-state index contributed by atoms with van der Waals surface area (Å²) < 4.78 is 1.68. The predicted octanol–water partition coefficient (Wildman–Crippen LogP) is 1.79. The van der Waals surface area contributed by atoms with E-state index in [-0.39, 0.29) is 0 Å². The van der Waals surface area contributed by atoms with Gasteiger partial charge in [0.15, 0.2) is 0 Å². The molecule has 0 amide bonds. The Hall–Kier alpha value is -1.01. The van der Waals surface area contributed by atoms with E-state index in [4.69, 9.17) is 16.9 Å². The lowest BCUT2D eigenvalue weighted by Crippen LogP contribution is -1.91. The predicted molar refractivity (Wildman–Crippen MR) is 46.8 cm³/mol. The highest BCUT2D eigenvalue weighted by Crippen LogP contribution is 2.22. The fourth-order valence-corrected chi connectivity index (χ4v) is 1.29. The van der Waals surface area contributed by atoms with Gasteiger partial charge in [-0.25, -0.2) is 0 Å². The monoisotopic (exact) mass is 183 g/mol. The van der Waals surface area contributed by atoms with E-state index in [2.05, 4.69) is 5.10 Å². The second kappa shape index (κ2) is 3.59. The van der Waals surface area contributed by atoms with Crippen LogP contribution < -0.4 is 0 Å². The number of hydrogen-bond acceptors (Lipinski definition) is 2. The van der Waals surface area contributed by atoms with Crippen molar-refractivity contribution in [3.63, 3.8) is 0 Å². The Labute approximate surface area is 76.6 Å². The van der Waals surface area contributed by atoms with Crippen molar-refractivity contribution in [1.29, 1.82) is 5.26 Å². The molecule has 0 fully saturated rings. The average molecular weight is 184 g/mol. The molecule has 0 radical (unpaired) electrons. The summed E-state index contributed by atoms with van der Waals surface area (Å²) in [6.45, 7) is 1.99. The van der Waals surface area contributed by atoms with Crippen LogP contribution in [0, 0.1) is 11.3 Å². The van der Waals surface area contributed by atoms with Gasteiger partial charge in [-0.3, -0.25) is 4.68 Å². The van der Waals surface area contributed by atoms with Crippen LogP contribution in [0.2, 0.25) is 0 Å². The molecule has 1 rings (SSSR count). The number of alkyl halides is 1. The molecule has 1 unspecified atom stereocenters. The lowest BCUT2D eigenvalue weighted by atomic mass is 10.1. The van der Waals surface area contributed by atoms with Gasteiger partial charge in [0.1, 0.15) is 5.38 Å². The Morgan fingerprint density at radius 2 is 2.50 bits per heavy atom. The number of aryl methyl sites for hydroxylation is 2. The Bertz CT molecular complexity index is 311. The van der Waals surface area contributed by atoms with Gasteiger partial charge in [-0.05, 0) is 6.42 Å². The van der Waals surface area contributed by atoms with Crippen LogP contribution in [0.5, 0.6) is 0 Å². The number of rotatable bonds is 2. The van der Waals surface area contributed by atoms with E-state index in [1.807, 2.05) is 20.0 Å². The van der Waals surface area contributed by atoms with Gasteiger partial charge in [0.05, 0.1) is 11.8 Å². The number of halogens is 1. The van der Waals surface area contributed by atoms with E-state index in [0.717, 1.165) is 17.7 Å². The first-order chi connectivity index (χ1) is 5.69. The van der Waals surface area contributed by atoms with Crippen LogP contribution in [0.25, 0.3) is 0 Å². The lowest BCUT2D eigenvalue weighted by molar-refractivity contribution is 0.746. The minimum absolute atomic E-state index is 0.575. The molecule has 0 N–H and O–H groups in total. The number of nitrogens with zero attached hydrogens (tertiary/aromatic N) is 3. The van der Waals surface area contributed by atoms with Crippen LogP contribution in [-0.4, -0.2) is 9.78 Å². The molecule has 1 heterocycles. The smallest absolute Gasteiger partial charge is 0.148 e. The summed E-state index contributed by atoms with van der Waals surface area (Å²) in [5.41, 5.74) is 1.73. The summed E-state index contributed by atoms with van der Waals surface area (Å²) in [5, 5.41) is 12.2. The fraction of sp³-hybridized carbons (Fsp3) is 0.500. The zero-order valence-corrected chi connectivity index (χ0v) is 7.84. The molecule has 64 valence electrons. The Morgan fingerprint density at radius 1 is 1.83 bits per heavy atom. The van der Waals surface area contributed by atoms with Crippen LogP contribution >= 0.6 is 11.6 Å². The maximum Gasteiger partial charge on any atom is 0.148 e. The first kappa shape index (κ1) is 9.08. The van der Waals surface area contributed by atoms with Gasteiger partial charge in [0.25, 0.3) is 0 Å². The fourth-order valence-electron chi connectivity index (χ4n) is 1.11.